The van der Waals surface area contributed by atoms with Crippen LogP contribution in [0.4, 0.5) is 0 Å². The first-order valence-corrected chi connectivity index (χ1v) is 6.34. The number of hydrogen-bond donors (Lipinski definition) is 0. The van der Waals surface area contributed by atoms with E-state index >= 15 is 0 Å². The maximum atomic E-state index is 11.6. The number of carbonyl (C=O) groups excluding carboxylic acids is 1. The molecular weight excluding hydrogens is 240 g/mol. The summed E-state index contributed by atoms with van der Waals surface area (Å²) >= 11 is 0. The summed E-state index contributed by atoms with van der Waals surface area (Å²) in [5.41, 5.74) is 2.95. The van der Waals surface area contributed by atoms with Gasteiger partial charge in [0.2, 0.25) is 5.82 Å². The zero-order valence-corrected chi connectivity index (χ0v) is 11.1. The highest BCUT2D eigenvalue weighted by Gasteiger charge is 2.11. The number of ether oxygens (including phenoxy) is 1. The second-order valence-electron chi connectivity index (χ2n) is 4.04. The van der Waals surface area contributed by atoms with Crippen LogP contribution in [0.1, 0.15) is 30.0 Å². The molecule has 2 aromatic rings. The Hall–Kier alpha value is -2.23. The van der Waals surface area contributed by atoms with Gasteiger partial charge in [0.15, 0.2) is 0 Å². The standard InChI is InChI=1S/C15H16N2O2/c1-3-11-5-7-12(8-6-11)13-9-10-16-14(17-13)15(18)19-4-2/h5-10H,3-4H2,1-2H3. The number of carbonyl (C=O) groups is 1. The van der Waals surface area contributed by atoms with Crippen LogP contribution in [0.3, 0.4) is 0 Å². The molecular formula is C15H16N2O2. The fraction of sp³-hybridized carbons (Fsp3) is 0.267. The summed E-state index contributed by atoms with van der Waals surface area (Å²) in [6, 6.07) is 9.89. The van der Waals surface area contributed by atoms with Crippen LogP contribution in [-0.2, 0) is 11.2 Å². The Morgan fingerprint density at radius 2 is 1.89 bits per heavy atom. The molecule has 98 valence electrons. The van der Waals surface area contributed by atoms with Crippen molar-refractivity contribution in [3.05, 3.63) is 47.9 Å². The van der Waals surface area contributed by atoms with Gasteiger partial charge in [-0.2, -0.15) is 0 Å². The predicted octanol–water partition coefficient (Wildman–Crippen LogP) is 2.88. The van der Waals surface area contributed by atoms with Gasteiger partial charge in [-0.1, -0.05) is 31.2 Å². The Morgan fingerprint density at radius 1 is 1.16 bits per heavy atom. The van der Waals surface area contributed by atoms with Crippen molar-refractivity contribution >= 4 is 5.97 Å². The minimum Gasteiger partial charge on any atom is -0.460 e. The highest BCUT2D eigenvalue weighted by Crippen LogP contribution is 2.17. The average molecular weight is 256 g/mol. The van der Waals surface area contributed by atoms with Gasteiger partial charge in [0, 0.05) is 11.8 Å². The third-order valence-corrected chi connectivity index (χ3v) is 2.77. The number of rotatable bonds is 4. The van der Waals surface area contributed by atoms with Gasteiger partial charge in [-0.05, 0) is 25.0 Å². The van der Waals surface area contributed by atoms with E-state index in [1.165, 1.54) is 5.56 Å². The number of esters is 1. The topological polar surface area (TPSA) is 52.1 Å². The molecule has 4 heteroatoms. The first-order chi connectivity index (χ1) is 9.24. The Bertz CT molecular complexity index is 565. The summed E-state index contributed by atoms with van der Waals surface area (Å²) < 4.78 is 4.89. The van der Waals surface area contributed by atoms with E-state index in [-0.39, 0.29) is 5.82 Å². The maximum absolute atomic E-state index is 11.6. The van der Waals surface area contributed by atoms with Crippen LogP contribution in [0.15, 0.2) is 36.5 Å². The SMILES string of the molecule is CCOC(=O)c1nccc(-c2ccc(CC)cc2)n1. The molecule has 0 fully saturated rings. The molecule has 0 atom stereocenters. The number of aromatic nitrogens is 2. The first-order valence-electron chi connectivity index (χ1n) is 6.34. The summed E-state index contributed by atoms with van der Waals surface area (Å²) in [4.78, 5) is 19.7. The normalized spacial score (nSPS) is 10.2. The van der Waals surface area contributed by atoms with Crippen molar-refractivity contribution in [2.75, 3.05) is 6.61 Å². The third-order valence-electron chi connectivity index (χ3n) is 2.77. The van der Waals surface area contributed by atoms with Crippen molar-refractivity contribution in [1.29, 1.82) is 0 Å². The van der Waals surface area contributed by atoms with Gasteiger partial charge in [-0.25, -0.2) is 14.8 Å². The van der Waals surface area contributed by atoms with Gasteiger partial charge in [0.1, 0.15) is 0 Å². The van der Waals surface area contributed by atoms with E-state index in [2.05, 4.69) is 29.0 Å². The Balaban J connectivity index is 2.29. The smallest absolute Gasteiger partial charge is 0.376 e. The quantitative estimate of drug-likeness (QED) is 0.789. The van der Waals surface area contributed by atoms with Crippen LogP contribution >= 0.6 is 0 Å². The van der Waals surface area contributed by atoms with Crippen molar-refractivity contribution in [2.24, 2.45) is 0 Å². The van der Waals surface area contributed by atoms with E-state index in [0.717, 1.165) is 17.7 Å². The van der Waals surface area contributed by atoms with Gasteiger partial charge in [-0.3, -0.25) is 0 Å². The molecule has 0 saturated heterocycles. The molecule has 1 heterocycles. The molecule has 0 aliphatic rings. The first kappa shape index (κ1) is 13.2. The van der Waals surface area contributed by atoms with Crippen LogP contribution < -0.4 is 0 Å². The summed E-state index contributed by atoms with van der Waals surface area (Å²) in [5.74, 6) is -0.395. The molecule has 0 amide bonds. The molecule has 4 nitrogen and oxygen atoms in total. The third kappa shape index (κ3) is 3.16. The lowest BCUT2D eigenvalue weighted by Crippen LogP contribution is -2.09. The summed E-state index contributed by atoms with van der Waals surface area (Å²) in [5, 5.41) is 0. The second-order valence-corrected chi connectivity index (χ2v) is 4.04. The fourth-order valence-corrected chi connectivity index (χ4v) is 1.72. The van der Waals surface area contributed by atoms with Crippen molar-refractivity contribution in [3.63, 3.8) is 0 Å². The molecule has 0 bridgehead atoms. The minimum absolute atomic E-state index is 0.0962. The Morgan fingerprint density at radius 3 is 2.53 bits per heavy atom. The van der Waals surface area contributed by atoms with Crippen LogP contribution in [0.5, 0.6) is 0 Å². The fourth-order valence-electron chi connectivity index (χ4n) is 1.72. The van der Waals surface area contributed by atoms with Gasteiger partial charge in [0.25, 0.3) is 0 Å². The van der Waals surface area contributed by atoms with Crippen molar-refractivity contribution in [2.45, 2.75) is 20.3 Å². The maximum Gasteiger partial charge on any atom is 0.376 e. The van der Waals surface area contributed by atoms with E-state index < -0.39 is 5.97 Å². The molecule has 0 aliphatic heterocycles. The molecule has 0 spiro atoms. The monoisotopic (exact) mass is 256 g/mol. The predicted molar refractivity (Wildman–Crippen MR) is 72.8 cm³/mol. The van der Waals surface area contributed by atoms with Crippen LogP contribution in [0.2, 0.25) is 0 Å². The number of aryl methyl sites for hydroxylation is 1. The van der Waals surface area contributed by atoms with Crippen molar-refractivity contribution in [1.82, 2.24) is 9.97 Å². The highest BCUT2D eigenvalue weighted by molar-refractivity contribution is 5.85. The van der Waals surface area contributed by atoms with Gasteiger partial charge >= 0.3 is 5.97 Å². The lowest BCUT2D eigenvalue weighted by atomic mass is 10.1. The Labute approximate surface area is 112 Å². The van der Waals surface area contributed by atoms with Crippen LogP contribution in [0.25, 0.3) is 11.3 Å². The molecule has 0 unspecified atom stereocenters. The van der Waals surface area contributed by atoms with Crippen molar-refractivity contribution in [3.8, 4) is 11.3 Å². The lowest BCUT2D eigenvalue weighted by Gasteiger charge is -2.04. The Kier molecular flexibility index (Phi) is 4.23. The molecule has 0 aliphatic carbocycles. The minimum atomic E-state index is -0.491. The van der Waals surface area contributed by atoms with E-state index in [1.807, 2.05) is 12.1 Å². The number of hydrogen-bond acceptors (Lipinski definition) is 4. The molecule has 19 heavy (non-hydrogen) atoms. The van der Waals surface area contributed by atoms with E-state index in [1.54, 1.807) is 19.2 Å². The van der Waals surface area contributed by atoms with Gasteiger partial charge in [0.05, 0.1) is 12.3 Å². The van der Waals surface area contributed by atoms with Crippen LogP contribution in [0, 0.1) is 0 Å². The molecule has 0 saturated carbocycles. The zero-order chi connectivity index (χ0) is 13.7. The number of benzene rings is 1. The zero-order valence-electron chi connectivity index (χ0n) is 11.1. The average Bonchev–Trinajstić information content (AvgIpc) is 2.48. The highest BCUT2D eigenvalue weighted by atomic mass is 16.5. The molecule has 1 aromatic heterocycles. The van der Waals surface area contributed by atoms with E-state index in [4.69, 9.17) is 4.74 Å². The van der Waals surface area contributed by atoms with Crippen molar-refractivity contribution < 1.29 is 9.53 Å². The van der Waals surface area contributed by atoms with Crippen LogP contribution in [-0.4, -0.2) is 22.5 Å². The molecule has 2 rings (SSSR count). The van der Waals surface area contributed by atoms with E-state index in [0.29, 0.717) is 6.61 Å². The number of nitrogens with zero attached hydrogens (tertiary/aromatic N) is 2. The van der Waals surface area contributed by atoms with Gasteiger partial charge < -0.3 is 4.74 Å². The molecule has 0 N–H and O–H groups in total. The summed E-state index contributed by atoms with van der Waals surface area (Å²) in [7, 11) is 0. The molecule has 1 aromatic carbocycles. The largest absolute Gasteiger partial charge is 0.460 e. The molecule has 0 radical (unpaired) electrons. The summed E-state index contributed by atoms with van der Waals surface area (Å²) in [6.45, 7) is 4.18. The summed E-state index contributed by atoms with van der Waals surface area (Å²) in [6.07, 6.45) is 2.57. The lowest BCUT2D eigenvalue weighted by molar-refractivity contribution is 0.0512. The van der Waals surface area contributed by atoms with Gasteiger partial charge in [-0.15, -0.1) is 0 Å². The second kappa shape index (κ2) is 6.09. The van der Waals surface area contributed by atoms with E-state index in [9.17, 15) is 4.79 Å².